The van der Waals surface area contributed by atoms with E-state index >= 15 is 0 Å². The molecule has 2 nitrogen and oxygen atoms in total. The standard InChI is InChI=1S/C6H10.C5H8FNO.C2H6/c1-4-6(3)5-2;1-3(4(2)6)5(7)8;1-2/h4H,1,3,5H2,2H3;1-2H3,(H2,7,8);1-2H3/b;4-3-;. The summed E-state index contributed by atoms with van der Waals surface area (Å²) >= 11 is 0. The highest BCUT2D eigenvalue weighted by atomic mass is 19.1. The number of nitrogens with two attached hydrogens (primary N) is 1. The van der Waals surface area contributed by atoms with Gasteiger partial charge in [0.1, 0.15) is 5.83 Å². The molecule has 0 radical (unpaired) electrons. The molecule has 94 valence electrons. The Hall–Kier alpha value is -1.38. The van der Waals surface area contributed by atoms with E-state index in [0.717, 1.165) is 12.0 Å². The Morgan fingerprint density at radius 1 is 1.38 bits per heavy atom. The zero-order chi connectivity index (χ0) is 13.7. The monoisotopic (exact) mass is 229 g/mol. The van der Waals surface area contributed by atoms with Crippen molar-refractivity contribution in [3.63, 3.8) is 0 Å². The Kier molecular flexibility index (Phi) is 17.1. The van der Waals surface area contributed by atoms with Gasteiger partial charge in [0, 0.05) is 5.57 Å². The molecule has 16 heavy (non-hydrogen) atoms. The number of amides is 1. The van der Waals surface area contributed by atoms with Crippen molar-refractivity contribution >= 4 is 5.91 Å². The molecule has 0 rings (SSSR count). The average molecular weight is 229 g/mol. The average Bonchev–Trinajstić information content (AvgIpc) is 2.30. The minimum atomic E-state index is -0.704. The van der Waals surface area contributed by atoms with Gasteiger partial charge < -0.3 is 5.73 Å². The van der Waals surface area contributed by atoms with Gasteiger partial charge in [0.15, 0.2) is 0 Å². The van der Waals surface area contributed by atoms with Gasteiger partial charge in [-0.1, -0.05) is 45.6 Å². The summed E-state index contributed by atoms with van der Waals surface area (Å²) in [6.45, 7) is 15.8. The second-order valence-corrected chi connectivity index (χ2v) is 2.74. The SMILES string of the molecule is C/C(F)=C(\C)C(N)=O.C=CC(=C)CC.CC. The highest BCUT2D eigenvalue weighted by Gasteiger charge is 1.99. The molecule has 0 bridgehead atoms. The fourth-order valence-electron chi connectivity index (χ4n) is 0.314. The Morgan fingerprint density at radius 2 is 1.75 bits per heavy atom. The maximum Gasteiger partial charge on any atom is 0.246 e. The molecule has 0 unspecified atom stereocenters. The van der Waals surface area contributed by atoms with E-state index < -0.39 is 11.7 Å². The number of hydrogen-bond acceptors (Lipinski definition) is 1. The van der Waals surface area contributed by atoms with E-state index in [9.17, 15) is 9.18 Å². The fourth-order valence-corrected chi connectivity index (χ4v) is 0.314. The fraction of sp³-hybridized carbons (Fsp3) is 0.462. The predicted octanol–water partition coefficient (Wildman–Crippen LogP) is 3.90. The maximum absolute atomic E-state index is 11.9. The van der Waals surface area contributed by atoms with Crippen molar-refractivity contribution in [3.8, 4) is 0 Å². The Balaban J connectivity index is -0.000000188. The van der Waals surface area contributed by atoms with E-state index in [-0.39, 0.29) is 5.57 Å². The van der Waals surface area contributed by atoms with Gasteiger partial charge in [0.2, 0.25) is 5.91 Å². The molecule has 0 aliphatic heterocycles. The molecular weight excluding hydrogens is 205 g/mol. The minimum Gasteiger partial charge on any atom is -0.366 e. The largest absolute Gasteiger partial charge is 0.366 e. The molecular formula is C13H24FNO. The summed E-state index contributed by atoms with van der Waals surface area (Å²) in [5.41, 5.74) is 5.80. The number of carbonyl (C=O) groups excluding carboxylic acids is 1. The molecule has 0 aromatic heterocycles. The topological polar surface area (TPSA) is 43.1 Å². The van der Waals surface area contributed by atoms with Gasteiger partial charge in [-0.05, 0) is 20.3 Å². The first kappa shape index (κ1) is 20.1. The Labute approximate surface area is 98.7 Å². The molecule has 1 amide bonds. The summed E-state index contributed by atoms with van der Waals surface area (Å²) in [6.07, 6.45) is 2.80. The van der Waals surface area contributed by atoms with Gasteiger partial charge >= 0.3 is 0 Å². The Bertz CT molecular complexity index is 251. The molecule has 0 aromatic rings. The number of rotatable bonds is 3. The highest BCUT2D eigenvalue weighted by Crippen LogP contribution is 2.01. The van der Waals surface area contributed by atoms with Crippen LogP contribution in [0.4, 0.5) is 4.39 Å². The lowest BCUT2D eigenvalue weighted by Crippen LogP contribution is -2.12. The number of hydrogen-bond donors (Lipinski definition) is 1. The summed E-state index contributed by atoms with van der Waals surface area (Å²) < 4.78 is 11.9. The van der Waals surface area contributed by atoms with Crippen LogP contribution in [-0.2, 0) is 4.79 Å². The molecule has 0 aliphatic rings. The van der Waals surface area contributed by atoms with Crippen LogP contribution in [0.2, 0.25) is 0 Å². The first-order chi connectivity index (χ1) is 7.36. The lowest BCUT2D eigenvalue weighted by molar-refractivity contribution is -0.114. The van der Waals surface area contributed by atoms with Crippen molar-refractivity contribution in [2.45, 2.75) is 41.0 Å². The van der Waals surface area contributed by atoms with Crippen LogP contribution >= 0.6 is 0 Å². The van der Waals surface area contributed by atoms with Crippen LogP contribution in [0, 0.1) is 0 Å². The quantitative estimate of drug-likeness (QED) is 0.579. The summed E-state index contributed by atoms with van der Waals surface area (Å²) in [7, 11) is 0. The van der Waals surface area contributed by atoms with E-state index in [2.05, 4.69) is 20.1 Å². The molecule has 3 heteroatoms. The van der Waals surface area contributed by atoms with Gasteiger partial charge in [0.05, 0.1) is 0 Å². The number of allylic oxidation sites excluding steroid dienone is 3. The van der Waals surface area contributed by atoms with Crippen LogP contribution in [0.1, 0.15) is 41.0 Å². The molecule has 0 fully saturated rings. The maximum atomic E-state index is 11.9. The van der Waals surface area contributed by atoms with Gasteiger partial charge in [-0.2, -0.15) is 0 Å². The van der Waals surface area contributed by atoms with Crippen LogP contribution < -0.4 is 5.73 Å². The summed E-state index contributed by atoms with van der Waals surface area (Å²) in [6, 6.07) is 0. The van der Waals surface area contributed by atoms with Crippen LogP contribution in [0.3, 0.4) is 0 Å². The predicted molar refractivity (Wildman–Crippen MR) is 69.7 cm³/mol. The summed E-state index contributed by atoms with van der Waals surface area (Å²) in [4.78, 5) is 10.1. The van der Waals surface area contributed by atoms with E-state index in [1.807, 2.05) is 13.8 Å². The van der Waals surface area contributed by atoms with Crippen LogP contribution in [0.5, 0.6) is 0 Å². The molecule has 0 spiro atoms. The van der Waals surface area contributed by atoms with E-state index in [1.54, 1.807) is 6.08 Å². The van der Waals surface area contributed by atoms with Crippen LogP contribution in [0.15, 0.2) is 36.2 Å². The minimum absolute atomic E-state index is 0.00926. The van der Waals surface area contributed by atoms with Gasteiger partial charge in [-0.15, -0.1) is 0 Å². The molecule has 0 aromatic carbocycles. The van der Waals surface area contributed by atoms with Gasteiger partial charge in [0.25, 0.3) is 0 Å². The van der Waals surface area contributed by atoms with E-state index in [4.69, 9.17) is 5.73 Å². The lowest BCUT2D eigenvalue weighted by Gasteiger charge is -1.90. The second kappa shape index (κ2) is 13.6. The number of carbonyl (C=O) groups is 1. The van der Waals surface area contributed by atoms with E-state index in [1.165, 1.54) is 13.8 Å². The summed E-state index contributed by atoms with van der Waals surface area (Å²) in [5.74, 6) is -1.22. The third kappa shape index (κ3) is 15.1. The molecule has 0 heterocycles. The third-order valence-corrected chi connectivity index (χ3v) is 1.63. The van der Waals surface area contributed by atoms with Gasteiger partial charge in [-0.3, -0.25) is 4.79 Å². The second-order valence-electron chi connectivity index (χ2n) is 2.74. The van der Waals surface area contributed by atoms with Crippen molar-refractivity contribution in [2.75, 3.05) is 0 Å². The Morgan fingerprint density at radius 3 is 1.75 bits per heavy atom. The van der Waals surface area contributed by atoms with Crippen molar-refractivity contribution in [2.24, 2.45) is 5.73 Å². The molecule has 0 saturated carbocycles. The van der Waals surface area contributed by atoms with Crippen LogP contribution in [-0.4, -0.2) is 5.91 Å². The zero-order valence-electron chi connectivity index (χ0n) is 11.1. The number of primary amides is 1. The first-order valence-electron chi connectivity index (χ1n) is 5.29. The van der Waals surface area contributed by atoms with Crippen LogP contribution in [0.25, 0.3) is 0 Å². The first-order valence-corrected chi connectivity index (χ1v) is 5.29. The smallest absolute Gasteiger partial charge is 0.246 e. The molecule has 2 N–H and O–H groups in total. The van der Waals surface area contributed by atoms with Crippen molar-refractivity contribution in [1.29, 1.82) is 0 Å². The van der Waals surface area contributed by atoms with Gasteiger partial charge in [-0.25, -0.2) is 4.39 Å². The highest BCUT2D eigenvalue weighted by molar-refractivity contribution is 5.91. The lowest BCUT2D eigenvalue weighted by atomic mass is 10.2. The van der Waals surface area contributed by atoms with Crippen molar-refractivity contribution in [1.82, 2.24) is 0 Å². The zero-order valence-corrected chi connectivity index (χ0v) is 11.1. The molecule has 0 atom stereocenters. The van der Waals surface area contributed by atoms with E-state index in [0.29, 0.717) is 0 Å². The van der Waals surface area contributed by atoms with Crippen molar-refractivity contribution < 1.29 is 9.18 Å². The molecule has 0 aliphatic carbocycles. The molecule has 0 saturated heterocycles. The normalized spacial score (nSPS) is 9.62. The third-order valence-electron chi connectivity index (χ3n) is 1.63. The number of halogens is 1. The summed E-state index contributed by atoms with van der Waals surface area (Å²) in [5, 5.41) is 0. The van der Waals surface area contributed by atoms with Crippen molar-refractivity contribution in [3.05, 3.63) is 36.2 Å².